The highest BCUT2D eigenvalue weighted by Gasteiger charge is 2.33. The van der Waals surface area contributed by atoms with Gasteiger partial charge in [0.1, 0.15) is 17.5 Å². The number of ether oxygens (including phenoxy) is 1. The van der Waals surface area contributed by atoms with Crippen LogP contribution in [0.5, 0.6) is 5.75 Å². The number of halogens is 4. The Morgan fingerprint density at radius 3 is 2.60 bits per heavy atom. The van der Waals surface area contributed by atoms with E-state index in [1.807, 2.05) is 0 Å². The molecule has 4 nitrogen and oxygen atoms in total. The number of nitriles is 1. The number of alkyl halides is 3. The van der Waals surface area contributed by atoms with Crippen LogP contribution >= 0.6 is 22.6 Å². The van der Waals surface area contributed by atoms with Gasteiger partial charge in [-0.1, -0.05) is 0 Å². The van der Waals surface area contributed by atoms with Gasteiger partial charge in [-0.3, -0.25) is 0 Å². The van der Waals surface area contributed by atoms with Crippen molar-refractivity contribution in [3.63, 3.8) is 0 Å². The molecule has 0 unspecified atom stereocenters. The van der Waals surface area contributed by atoms with E-state index in [2.05, 4.69) is 9.72 Å². The van der Waals surface area contributed by atoms with Crippen molar-refractivity contribution < 1.29 is 17.9 Å². The third-order valence-corrected chi connectivity index (χ3v) is 2.12. The van der Waals surface area contributed by atoms with Crippen molar-refractivity contribution in [1.29, 1.82) is 5.26 Å². The molecule has 0 aliphatic carbocycles. The molecule has 2 N–H and O–H groups in total. The van der Waals surface area contributed by atoms with E-state index in [1.165, 1.54) is 6.07 Å². The molecule has 1 aromatic rings. The van der Waals surface area contributed by atoms with Gasteiger partial charge >= 0.3 is 6.36 Å². The van der Waals surface area contributed by atoms with Crippen molar-refractivity contribution in [2.24, 2.45) is 0 Å². The van der Waals surface area contributed by atoms with E-state index < -0.39 is 17.7 Å². The maximum atomic E-state index is 12.0. The van der Waals surface area contributed by atoms with Crippen molar-refractivity contribution >= 4 is 28.4 Å². The smallest absolute Gasteiger partial charge is 0.403 e. The van der Waals surface area contributed by atoms with E-state index in [-0.39, 0.29) is 9.39 Å². The van der Waals surface area contributed by atoms with Crippen molar-refractivity contribution in [1.82, 2.24) is 4.98 Å². The molecule has 1 heterocycles. The fourth-order valence-corrected chi connectivity index (χ4v) is 1.33. The van der Waals surface area contributed by atoms with Crippen LogP contribution in [0.25, 0.3) is 0 Å². The van der Waals surface area contributed by atoms with Gasteiger partial charge in [-0.05, 0) is 22.6 Å². The number of nitrogens with two attached hydrogens (primary N) is 1. The maximum Gasteiger partial charge on any atom is 0.573 e. The second-order valence-electron chi connectivity index (χ2n) is 2.36. The first kappa shape index (κ1) is 11.8. The summed E-state index contributed by atoms with van der Waals surface area (Å²) in [5.74, 6) is -0.907. The summed E-state index contributed by atoms with van der Waals surface area (Å²) in [6.45, 7) is 0. The number of hydrogen-bond acceptors (Lipinski definition) is 4. The molecule has 1 aromatic heterocycles. The standard InChI is InChI=1S/C7H3F3IN3O/c8-7(9,10)15-5-3(1-12)6(13)14-2-4(5)11/h2H,(H2,13,14). The van der Waals surface area contributed by atoms with Crippen LogP contribution in [0.3, 0.4) is 0 Å². The third-order valence-electron chi connectivity index (χ3n) is 1.35. The van der Waals surface area contributed by atoms with Gasteiger partial charge in [-0.2, -0.15) is 5.26 Å². The lowest BCUT2D eigenvalue weighted by Crippen LogP contribution is -2.19. The molecule has 0 saturated carbocycles. The van der Waals surface area contributed by atoms with Gasteiger partial charge in [0.05, 0.1) is 3.57 Å². The SMILES string of the molecule is N#Cc1c(N)ncc(I)c1OC(F)(F)F. The molecular formula is C7H3F3IN3O. The molecule has 0 amide bonds. The van der Waals surface area contributed by atoms with Crippen molar-refractivity contribution in [3.8, 4) is 11.8 Å². The van der Waals surface area contributed by atoms with Crippen LogP contribution < -0.4 is 10.5 Å². The van der Waals surface area contributed by atoms with E-state index >= 15 is 0 Å². The van der Waals surface area contributed by atoms with Gasteiger partial charge in [0.2, 0.25) is 0 Å². The lowest BCUT2D eigenvalue weighted by Gasteiger charge is -2.12. The number of nitrogens with zero attached hydrogens (tertiary/aromatic N) is 2. The van der Waals surface area contributed by atoms with Crippen LogP contribution in [0.1, 0.15) is 5.56 Å². The Labute approximate surface area is 96.0 Å². The molecule has 80 valence electrons. The first-order valence-corrected chi connectivity index (χ1v) is 4.53. The average molecular weight is 329 g/mol. The summed E-state index contributed by atoms with van der Waals surface area (Å²) in [6, 6.07) is 1.51. The molecule has 15 heavy (non-hydrogen) atoms. The first-order chi connectivity index (χ1) is 6.85. The molecule has 0 fully saturated rings. The summed E-state index contributed by atoms with van der Waals surface area (Å²) >= 11 is 1.57. The van der Waals surface area contributed by atoms with Crippen LogP contribution in [0, 0.1) is 14.9 Å². The number of aromatic nitrogens is 1. The van der Waals surface area contributed by atoms with E-state index in [9.17, 15) is 13.2 Å². The molecule has 8 heteroatoms. The summed E-state index contributed by atoms with van der Waals surface area (Å²) < 4.78 is 39.7. The van der Waals surface area contributed by atoms with Crippen molar-refractivity contribution in [2.45, 2.75) is 6.36 Å². The fourth-order valence-electron chi connectivity index (χ4n) is 0.809. The zero-order chi connectivity index (χ0) is 11.6. The molecular weight excluding hydrogens is 326 g/mol. The Hall–Kier alpha value is -1.24. The summed E-state index contributed by atoms with van der Waals surface area (Å²) in [7, 11) is 0. The molecule has 0 atom stereocenters. The van der Waals surface area contributed by atoms with Crippen molar-refractivity contribution in [2.75, 3.05) is 5.73 Å². The second-order valence-corrected chi connectivity index (χ2v) is 3.52. The first-order valence-electron chi connectivity index (χ1n) is 3.45. The number of pyridine rings is 1. The summed E-state index contributed by atoms with van der Waals surface area (Å²) in [4.78, 5) is 3.54. The number of rotatable bonds is 1. The normalized spacial score (nSPS) is 10.9. The topological polar surface area (TPSA) is 71.9 Å². The number of nitrogen functional groups attached to an aromatic ring is 1. The van der Waals surface area contributed by atoms with Crippen molar-refractivity contribution in [3.05, 3.63) is 15.3 Å². The average Bonchev–Trinajstić information content (AvgIpc) is 2.10. The predicted octanol–water partition coefficient (Wildman–Crippen LogP) is 2.04. The van der Waals surface area contributed by atoms with Crippen LogP contribution in [0.4, 0.5) is 19.0 Å². The zero-order valence-corrected chi connectivity index (χ0v) is 9.13. The highest BCUT2D eigenvalue weighted by Crippen LogP contribution is 2.32. The van der Waals surface area contributed by atoms with Gasteiger partial charge in [-0.25, -0.2) is 4.98 Å². The molecule has 0 spiro atoms. The van der Waals surface area contributed by atoms with E-state index in [0.29, 0.717) is 0 Å². The Kier molecular flexibility index (Phi) is 3.23. The zero-order valence-electron chi connectivity index (χ0n) is 6.97. The minimum Gasteiger partial charge on any atom is -0.403 e. The summed E-state index contributed by atoms with van der Waals surface area (Å²) in [5.41, 5.74) is 4.82. The molecule has 0 aliphatic rings. The van der Waals surface area contributed by atoms with Gasteiger partial charge in [0, 0.05) is 6.20 Å². The Bertz CT molecular complexity index is 427. The lowest BCUT2D eigenvalue weighted by molar-refractivity contribution is -0.275. The van der Waals surface area contributed by atoms with Crippen LogP contribution in [0.2, 0.25) is 0 Å². The molecule has 0 aromatic carbocycles. The molecule has 0 aliphatic heterocycles. The Balaban J connectivity index is 3.28. The molecule has 0 saturated heterocycles. The van der Waals surface area contributed by atoms with Gasteiger partial charge in [0.15, 0.2) is 5.75 Å². The largest absolute Gasteiger partial charge is 0.573 e. The third kappa shape index (κ3) is 2.85. The minimum absolute atomic E-state index is 0.0654. The van der Waals surface area contributed by atoms with Crippen LogP contribution in [-0.2, 0) is 0 Å². The number of anilines is 1. The lowest BCUT2D eigenvalue weighted by atomic mass is 10.2. The predicted molar refractivity (Wildman–Crippen MR) is 52.8 cm³/mol. The Morgan fingerprint density at radius 2 is 2.13 bits per heavy atom. The molecule has 0 radical (unpaired) electrons. The van der Waals surface area contributed by atoms with Gasteiger partial charge in [-0.15, -0.1) is 13.2 Å². The molecule has 1 rings (SSSR count). The highest BCUT2D eigenvalue weighted by atomic mass is 127. The van der Waals surface area contributed by atoms with E-state index in [1.54, 1.807) is 22.6 Å². The van der Waals surface area contributed by atoms with E-state index in [4.69, 9.17) is 11.0 Å². The maximum absolute atomic E-state index is 12.0. The quantitative estimate of drug-likeness (QED) is 0.801. The van der Waals surface area contributed by atoms with Gasteiger partial charge in [0.25, 0.3) is 0 Å². The second kappa shape index (κ2) is 4.09. The number of hydrogen-bond donors (Lipinski definition) is 1. The fraction of sp³-hybridized carbons (Fsp3) is 0.143. The summed E-state index contributed by atoms with van der Waals surface area (Å²) in [6.07, 6.45) is -3.77. The van der Waals surface area contributed by atoms with Crippen LogP contribution in [0.15, 0.2) is 6.20 Å². The highest BCUT2D eigenvalue weighted by molar-refractivity contribution is 14.1. The molecule has 0 bridgehead atoms. The van der Waals surface area contributed by atoms with Gasteiger partial charge < -0.3 is 10.5 Å². The van der Waals surface area contributed by atoms with Crippen LogP contribution in [-0.4, -0.2) is 11.3 Å². The minimum atomic E-state index is -4.86. The summed E-state index contributed by atoms with van der Waals surface area (Å²) in [5, 5.41) is 8.60. The monoisotopic (exact) mass is 329 g/mol. The van der Waals surface area contributed by atoms with E-state index in [0.717, 1.165) is 6.20 Å². The Morgan fingerprint density at radius 1 is 1.53 bits per heavy atom.